The van der Waals surface area contributed by atoms with Crippen molar-refractivity contribution in [2.24, 2.45) is 0 Å². The average Bonchev–Trinajstić information content (AvgIpc) is 3.14. The van der Waals surface area contributed by atoms with Crippen LogP contribution in [0.25, 0.3) is 0 Å². The van der Waals surface area contributed by atoms with Crippen LogP contribution in [0.3, 0.4) is 0 Å². The minimum atomic E-state index is 0. The lowest BCUT2D eigenvalue weighted by Crippen LogP contribution is -2.15. The summed E-state index contributed by atoms with van der Waals surface area (Å²) in [5.74, 6) is 2.20. The minimum absolute atomic E-state index is 0. The molecule has 1 aromatic heterocycles. The topological polar surface area (TPSA) is 39.7 Å². The first-order valence-electron chi connectivity index (χ1n) is 6.62. The van der Waals surface area contributed by atoms with Crippen molar-refractivity contribution in [1.29, 1.82) is 0 Å². The molecule has 1 aliphatic heterocycles. The first-order valence-corrected chi connectivity index (χ1v) is 7.49. The molecule has 0 bridgehead atoms. The zero-order chi connectivity index (χ0) is 13.8. The predicted octanol–water partition coefficient (Wildman–Crippen LogP) is 3.63. The molecule has 2 aromatic rings. The molecule has 0 amide bonds. The molecule has 0 fully saturated rings. The normalized spacial score (nSPS) is 13.6. The van der Waals surface area contributed by atoms with E-state index in [1.807, 2.05) is 31.3 Å². The summed E-state index contributed by atoms with van der Waals surface area (Å²) in [5, 5.41) is 5.24. The summed E-state index contributed by atoms with van der Waals surface area (Å²) in [6.45, 7) is 1.16. The van der Waals surface area contributed by atoms with Crippen LogP contribution in [0.15, 0.2) is 35.7 Å². The molecule has 1 aliphatic rings. The van der Waals surface area contributed by atoms with Gasteiger partial charge in [0.2, 0.25) is 12.5 Å². The van der Waals surface area contributed by atoms with Crippen molar-refractivity contribution >= 4 is 23.7 Å². The van der Waals surface area contributed by atoms with Crippen LogP contribution in [0, 0.1) is 0 Å². The third-order valence-electron chi connectivity index (χ3n) is 3.15. The molecule has 6 heteroatoms. The second-order valence-corrected chi connectivity index (χ2v) is 5.48. The molecule has 114 valence electrons. The molecule has 3 rings (SSSR count). The van der Waals surface area contributed by atoms with Crippen molar-refractivity contribution in [2.75, 3.05) is 20.4 Å². The Bertz CT molecular complexity index is 562. The summed E-state index contributed by atoms with van der Waals surface area (Å²) in [6.07, 6.45) is 0.930. The fourth-order valence-corrected chi connectivity index (χ4v) is 2.95. The Morgan fingerprint density at radius 3 is 2.95 bits per heavy atom. The Hall–Kier alpha value is -1.43. The molecule has 1 N–H and O–H groups in total. The molecular formula is C15H18ClNO3S. The van der Waals surface area contributed by atoms with E-state index in [0.717, 1.165) is 24.5 Å². The highest BCUT2D eigenvalue weighted by Gasteiger charge is 2.22. The molecule has 4 nitrogen and oxygen atoms in total. The third-order valence-corrected chi connectivity index (χ3v) is 4.11. The van der Waals surface area contributed by atoms with Gasteiger partial charge in [0, 0.05) is 11.3 Å². The lowest BCUT2D eigenvalue weighted by Gasteiger charge is -2.18. The smallest absolute Gasteiger partial charge is 0.231 e. The summed E-state index contributed by atoms with van der Waals surface area (Å²) in [7, 11) is 1.95. The maximum absolute atomic E-state index is 6.17. The number of hydrogen-bond donors (Lipinski definition) is 1. The van der Waals surface area contributed by atoms with E-state index < -0.39 is 0 Å². The summed E-state index contributed by atoms with van der Waals surface area (Å²) < 4.78 is 17.0. The van der Waals surface area contributed by atoms with Gasteiger partial charge in [0.05, 0.1) is 0 Å². The Morgan fingerprint density at radius 2 is 2.19 bits per heavy atom. The fourth-order valence-electron chi connectivity index (χ4n) is 2.16. The highest BCUT2D eigenvalue weighted by atomic mass is 35.5. The molecule has 21 heavy (non-hydrogen) atoms. The van der Waals surface area contributed by atoms with E-state index in [1.54, 1.807) is 11.3 Å². The number of fused-ring (bicyclic) bond motifs is 1. The van der Waals surface area contributed by atoms with Crippen molar-refractivity contribution in [3.63, 3.8) is 0 Å². The molecule has 0 saturated carbocycles. The molecule has 0 saturated heterocycles. The fraction of sp³-hybridized carbons (Fsp3) is 0.333. The highest BCUT2D eigenvalue weighted by molar-refractivity contribution is 7.10. The zero-order valence-corrected chi connectivity index (χ0v) is 13.3. The average molecular weight is 328 g/mol. The van der Waals surface area contributed by atoms with Crippen molar-refractivity contribution in [3.05, 3.63) is 40.6 Å². The van der Waals surface area contributed by atoms with Crippen molar-refractivity contribution < 1.29 is 14.2 Å². The van der Waals surface area contributed by atoms with E-state index in [4.69, 9.17) is 14.2 Å². The number of benzene rings is 1. The van der Waals surface area contributed by atoms with Crippen LogP contribution in [0.1, 0.15) is 17.4 Å². The van der Waals surface area contributed by atoms with Gasteiger partial charge in [-0.15, -0.1) is 23.7 Å². The number of thiophene rings is 1. The maximum Gasteiger partial charge on any atom is 0.231 e. The van der Waals surface area contributed by atoms with Crippen LogP contribution in [-0.4, -0.2) is 20.4 Å². The number of nitrogens with one attached hydrogen (secondary N) is 1. The molecule has 1 aromatic carbocycles. The van der Waals surface area contributed by atoms with Gasteiger partial charge in [0.1, 0.15) is 6.10 Å². The summed E-state index contributed by atoms with van der Waals surface area (Å²) in [6, 6.07) is 9.89. The number of para-hydroxylation sites is 1. The van der Waals surface area contributed by atoms with E-state index in [-0.39, 0.29) is 25.3 Å². The van der Waals surface area contributed by atoms with Crippen LogP contribution in [0.2, 0.25) is 0 Å². The Kier molecular flexibility index (Phi) is 5.73. The lowest BCUT2D eigenvalue weighted by atomic mass is 10.2. The molecule has 1 unspecified atom stereocenters. The monoisotopic (exact) mass is 327 g/mol. The van der Waals surface area contributed by atoms with E-state index in [1.165, 1.54) is 4.88 Å². The third kappa shape index (κ3) is 3.61. The van der Waals surface area contributed by atoms with Crippen LogP contribution in [-0.2, 0) is 0 Å². The molecule has 1 atom stereocenters. The van der Waals surface area contributed by atoms with Gasteiger partial charge in [-0.1, -0.05) is 12.1 Å². The van der Waals surface area contributed by atoms with E-state index >= 15 is 0 Å². The minimum Gasteiger partial charge on any atom is -0.481 e. The SMILES string of the molecule is CNCCC(Oc1cccc2c1OCO2)c1cccs1.Cl. The first-order chi connectivity index (χ1) is 9.88. The van der Waals surface area contributed by atoms with Gasteiger partial charge in [-0.2, -0.15) is 0 Å². The number of hydrogen-bond acceptors (Lipinski definition) is 5. The van der Waals surface area contributed by atoms with Crippen LogP contribution < -0.4 is 19.5 Å². The number of rotatable bonds is 6. The zero-order valence-electron chi connectivity index (χ0n) is 11.7. The van der Waals surface area contributed by atoms with Crippen molar-refractivity contribution in [1.82, 2.24) is 5.32 Å². The molecule has 0 spiro atoms. The number of halogens is 1. The molecule has 0 aliphatic carbocycles. The molecular weight excluding hydrogens is 310 g/mol. The second kappa shape index (κ2) is 7.54. The van der Waals surface area contributed by atoms with Gasteiger partial charge in [0.15, 0.2) is 11.5 Å². The van der Waals surface area contributed by atoms with Crippen LogP contribution in [0.4, 0.5) is 0 Å². The Balaban J connectivity index is 0.00000161. The first kappa shape index (κ1) is 15.9. The second-order valence-electron chi connectivity index (χ2n) is 4.50. The van der Waals surface area contributed by atoms with Gasteiger partial charge >= 0.3 is 0 Å². The quantitative estimate of drug-likeness (QED) is 0.879. The Labute approximate surface area is 134 Å². The summed E-state index contributed by atoms with van der Waals surface area (Å²) in [4.78, 5) is 1.22. The van der Waals surface area contributed by atoms with Crippen LogP contribution >= 0.6 is 23.7 Å². The van der Waals surface area contributed by atoms with E-state index in [0.29, 0.717) is 5.75 Å². The lowest BCUT2D eigenvalue weighted by molar-refractivity contribution is 0.159. The van der Waals surface area contributed by atoms with E-state index in [9.17, 15) is 0 Å². The maximum atomic E-state index is 6.17. The van der Waals surface area contributed by atoms with Crippen molar-refractivity contribution in [2.45, 2.75) is 12.5 Å². The largest absolute Gasteiger partial charge is 0.481 e. The van der Waals surface area contributed by atoms with Gasteiger partial charge in [-0.25, -0.2) is 0 Å². The highest BCUT2D eigenvalue weighted by Crippen LogP contribution is 2.42. The molecule has 2 heterocycles. The predicted molar refractivity (Wildman–Crippen MR) is 86.0 cm³/mol. The van der Waals surface area contributed by atoms with Crippen molar-refractivity contribution in [3.8, 4) is 17.2 Å². The summed E-state index contributed by atoms with van der Waals surface area (Å²) >= 11 is 1.71. The van der Waals surface area contributed by atoms with Crippen LogP contribution in [0.5, 0.6) is 17.2 Å². The standard InChI is InChI=1S/C15H17NO3S.ClH/c1-16-8-7-11(14-6-3-9-20-14)19-13-5-2-4-12-15(13)18-10-17-12;/h2-6,9,11,16H,7-8,10H2,1H3;1H. The van der Waals surface area contributed by atoms with Gasteiger partial charge in [-0.05, 0) is 37.2 Å². The Morgan fingerprint density at radius 1 is 1.29 bits per heavy atom. The van der Waals surface area contributed by atoms with Gasteiger partial charge in [-0.3, -0.25) is 0 Å². The van der Waals surface area contributed by atoms with Gasteiger partial charge in [0.25, 0.3) is 0 Å². The van der Waals surface area contributed by atoms with Gasteiger partial charge < -0.3 is 19.5 Å². The summed E-state index contributed by atoms with van der Waals surface area (Å²) in [5.41, 5.74) is 0. The van der Waals surface area contributed by atoms with E-state index in [2.05, 4.69) is 16.8 Å². The molecule has 0 radical (unpaired) electrons. The number of ether oxygens (including phenoxy) is 3.